The van der Waals surface area contributed by atoms with Gasteiger partial charge in [-0.15, -0.1) is 0 Å². The largest absolute Gasteiger partial charge is 0.460 e. The molecule has 1 heterocycles. The number of hydrogen-bond donors (Lipinski definition) is 1. The Morgan fingerprint density at radius 1 is 1.19 bits per heavy atom. The van der Waals surface area contributed by atoms with E-state index in [-0.39, 0.29) is 12.5 Å². The van der Waals surface area contributed by atoms with Crippen LogP contribution in [0.15, 0.2) is 46.9 Å². The number of aryl methyl sites for hydroxylation is 1. The molecule has 2 aromatic rings. The molecule has 0 atom stereocenters. The van der Waals surface area contributed by atoms with Crippen LogP contribution in [0, 0.1) is 0 Å². The minimum absolute atomic E-state index is 0.142. The molecule has 0 aliphatic heterocycles. The van der Waals surface area contributed by atoms with Crippen molar-refractivity contribution in [3.05, 3.63) is 59.6 Å². The van der Waals surface area contributed by atoms with Gasteiger partial charge in [-0.1, -0.05) is 25.5 Å². The van der Waals surface area contributed by atoms with Gasteiger partial charge in [-0.25, -0.2) is 8.42 Å². The first-order valence-corrected chi connectivity index (χ1v) is 10.7. The monoisotopic (exact) mass is 390 g/mol. The van der Waals surface area contributed by atoms with Gasteiger partial charge >= 0.3 is 0 Å². The van der Waals surface area contributed by atoms with Gasteiger partial charge in [-0.3, -0.25) is 4.79 Å². The minimum Gasteiger partial charge on any atom is -0.460 e. The summed E-state index contributed by atoms with van der Waals surface area (Å²) in [5.41, 5.74) is 1.99. The van der Waals surface area contributed by atoms with Crippen molar-refractivity contribution in [3.8, 4) is 0 Å². The lowest BCUT2D eigenvalue weighted by atomic mass is 10.1. The van der Waals surface area contributed by atoms with Gasteiger partial charge in [-0.05, 0) is 48.7 Å². The van der Waals surface area contributed by atoms with Crippen molar-refractivity contribution in [2.45, 2.75) is 32.7 Å². The third-order valence-electron chi connectivity index (χ3n) is 4.07. The van der Waals surface area contributed by atoms with E-state index in [0.29, 0.717) is 11.5 Å². The summed E-state index contributed by atoms with van der Waals surface area (Å²) in [6.45, 7) is 2.30. The first-order chi connectivity index (χ1) is 12.8. The van der Waals surface area contributed by atoms with Crippen molar-refractivity contribution < 1.29 is 17.6 Å². The molecule has 0 spiro atoms. The maximum Gasteiger partial charge on any atom is 0.248 e. The average Bonchev–Trinajstić information content (AvgIpc) is 3.06. The summed E-state index contributed by atoms with van der Waals surface area (Å²) in [4.78, 5) is 12.0. The molecule has 7 heteroatoms. The molecule has 1 aromatic heterocycles. The summed E-state index contributed by atoms with van der Waals surface area (Å²) < 4.78 is 29.6. The van der Waals surface area contributed by atoms with Gasteiger partial charge in [0.15, 0.2) is 0 Å². The van der Waals surface area contributed by atoms with Gasteiger partial charge in [-0.2, -0.15) is 4.31 Å². The summed E-state index contributed by atoms with van der Waals surface area (Å²) >= 11 is 0. The van der Waals surface area contributed by atoms with Crippen molar-refractivity contribution in [2.24, 2.45) is 0 Å². The minimum atomic E-state index is -3.27. The van der Waals surface area contributed by atoms with Crippen LogP contribution in [0.5, 0.6) is 0 Å². The second-order valence-corrected chi connectivity index (χ2v) is 8.54. The van der Waals surface area contributed by atoms with Gasteiger partial charge < -0.3 is 9.73 Å². The first-order valence-electron chi connectivity index (χ1n) is 8.86. The Hall–Kier alpha value is -2.38. The van der Waals surface area contributed by atoms with Crippen LogP contribution in [0.1, 0.15) is 36.8 Å². The Balaban J connectivity index is 1.89. The standard InChI is InChI=1S/C20H26N2O4S/c1-4-5-6-16-7-9-17(10-8-16)21-20(23)14-13-18-11-12-19(26-18)15-22(2)27(3,24)25/h7-14H,4-6,15H2,1-3H3,(H,21,23)/b14-13+. The van der Waals surface area contributed by atoms with E-state index in [4.69, 9.17) is 4.42 Å². The number of unbranched alkanes of at least 4 members (excludes halogenated alkanes) is 1. The lowest BCUT2D eigenvalue weighted by molar-refractivity contribution is -0.111. The van der Waals surface area contributed by atoms with Crippen molar-refractivity contribution in [2.75, 3.05) is 18.6 Å². The normalized spacial score (nSPS) is 12.0. The summed E-state index contributed by atoms with van der Waals surface area (Å²) in [7, 11) is -1.79. The SMILES string of the molecule is CCCCc1ccc(NC(=O)/C=C/c2ccc(CN(C)S(C)(=O)=O)o2)cc1. The zero-order chi connectivity index (χ0) is 19.9. The third kappa shape index (κ3) is 7.03. The number of benzene rings is 1. The van der Waals surface area contributed by atoms with Gasteiger partial charge in [0.2, 0.25) is 15.9 Å². The highest BCUT2D eigenvalue weighted by molar-refractivity contribution is 7.88. The zero-order valence-electron chi connectivity index (χ0n) is 15.9. The van der Waals surface area contributed by atoms with E-state index in [2.05, 4.69) is 12.2 Å². The Morgan fingerprint density at radius 2 is 1.89 bits per heavy atom. The van der Waals surface area contributed by atoms with Gasteiger partial charge in [0.25, 0.3) is 0 Å². The molecule has 27 heavy (non-hydrogen) atoms. The molecule has 0 radical (unpaired) electrons. The zero-order valence-corrected chi connectivity index (χ0v) is 16.8. The highest BCUT2D eigenvalue weighted by Gasteiger charge is 2.13. The molecule has 0 aliphatic rings. The van der Waals surface area contributed by atoms with Crippen LogP contribution in [-0.2, 0) is 27.8 Å². The van der Waals surface area contributed by atoms with E-state index in [1.165, 1.54) is 23.0 Å². The number of amides is 1. The number of rotatable bonds is 9. The predicted octanol–water partition coefficient (Wildman–Crippen LogP) is 3.67. The van der Waals surface area contributed by atoms with E-state index in [0.717, 1.165) is 31.2 Å². The molecule has 1 amide bonds. The van der Waals surface area contributed by atoms with Crippen LogP contribution in [-0.4, -0.2) is 31.9 Å². The molecule has 1 aromatic carbocycles. The smallest absolute Gasteiger partial charge is 0.248 e. The molecule has 0 aliphatic carbocycles. The van der Waals surface area contributed by atoms with Crippen LogP contribution in [0.3, 0.4) is 0 Å². The Bertz CT molecular complexity index is 883. The van der Waals surface area contributed by atoms with E-state index in [9.17, 15) is 13.2 Å². The quantitative estimate of drug-likeness (QED) is 0.663. The van der Waals surface area contributed by atoms with E-state index >= 15 is 0 Å². The van der Waals surface area contributed by atoms with Crippen LogP contribution >= 0.6 is 0 Å². The van der Waals surface area contributed by atoms with E-state index < -0.39 is 10.0 Å². The molecule has 2 rings (SSSR count). The number of carbonyl (C=O) groups excluding carboxylic acids is 1. The molecule has 0 bridgehead atoms. The molecular formula is C20H26N2O4S. The van der Waals surface area contributed by atoms with E-state index in [1.807, 2.05) is 24.3 Å². The lowest BCUT2D eigenvalue weighted by Crippen LogP contribution is -2.24. The fraction of sp³-hybridized carbons (Fsp3) is 0.350. The molecule has 0 saturated carbocycles. The highest BCUT2D eigenvalue weighted by Crippen LogP contribution is 2.14. The van der Waals surface area contributed by atoms with E-state index in [1.54, 1.807) is 18.2 Å². The second kappa shape index (κ2) is 9.53. The summed E-state index contributed by atoms with van der Waals surface area (Å²) in [6, 6.07) is 11.2. The van der Waals surface area contributed by atoms with Crippen LogP contribution in [0.25, 0.3) is 6.08 Å². The molecule has 0 unspecified atom stereocenters. The third-order valence-corrected chi connectivity index (χ3v) is 5.33. The van der Waals surface area contributed by atoms with Crippen molar-refractivity contribution >= 4 is 27.7 Å². The number of anilines is 1. The van der Waals surface area contributed by atoms with Gasteiger partial charge in [0.1, 0.15) is 11.5 Å². The molecule has 1 N–H and O–H groups in total. The fourth-order valence-electron chi connectivity index (χ4n) is 2.38. The average molecular weight is 391 g/mol. The Labute approximate surface area is 160 Å². The molecule has 0 fully saturated rings. The number of nitrogens with one attached hydrogen (secondary N) is 1. The van der Waals surface area contributed by atoms with Crippen LogP contribution in [0.2, 0.25) is 0 Å². The second-order valence-electron chi connectivity index (χ2n) is 6.45. The fourth-order valence-corrected chi connectivity index (χ4v) is 2.74. The van der Waals surface area contributed by atoms with Gasteiger partial charge in [0, 0.05) is 18.8 Å². The molecule has 0 saturated heterocycles. The van der Waals surface area contributed by atoms with Crippen LogP contribution in [0.4, 0.5) is 5.69 Å². The van der Waals surface area contributed by atoms with Crippen molar-refractivity contribution in [1.29, 1.82) is 0 Å². The topological polar surface area (TPSA) is 79.6 Å². The number of nitrogens with zero attached hydrogens (tertiary/aromatic N) is 1. The van der Waals surface area contributed by atoms with Gasteiger partial charge in [0.05, 0.1) is 12.8 Å². The number of sulfonamides is 1. The summed E-state index contributed by atoms with van der Waals surface area (Å²) in [6.07, 6.45) is 7.42. The Kier molecular flexibility index (Phi) is 7.38. The number of furan rings is 1. The summed E-state index contributed by atoms with van der Waals surface area (Å²) in [5, 5.41) is 2.80. The first kappa shape index (κ1) is 20.9. The number of hydrogen-bond acceptors (Lipinski definition) is 4. The Morgan fingerprint density at radius 3 is 2.52 bits per heavy atom. The predicted molar refractivity (Wildman–Crippen MR) is 108 cm³/mol. The number of carbonyl (C=O) groups is 1. The lowest BCUT2D eigenvalue weighted by Gasteiger charge is -2.11. The maximum atomic E-state index is 12.0. The summed E-state index contributed by atoms with van der Waals surface area (Å²) in [5.74, 6) is 0.727. The van der Waals surface area contributed by atoms with Crippen LogP contribution < -0.4 is 5.32 Å². The molecule has 146 valence electrons. The van der Waals surface area contributed by atoms with Crippen molar-refractivity contribution in [3.63, 3.8) is 0 Å². The molecular weight excluding hydrogens is 364 g/mol. The molecule has 6 nitrogen and oxygen atoms in total. The maximum absolute atomic E-state index is 12.0. The van der Waals surface area contributed by atoms with Crippen molar-refractivity contribution in [1.82, 2.24) is 4.31 Å². The highest BCUT2D eigenvalue weighted by atomic mass is 32.2.